The number of aryl methyl sites for hydroxylation is 1. The lowest BCUT2D eigenvalue weighted by molar-refractivity contribution is 0.119. The van der Waals surface area contributed by atoms with Crippen molar-refractivity contribution < 1.29 is 37.0 Å². The molecule has 15 heteroatoms. The Balaban J connectivity index is 1.62. The second-order valence-electron chi connectivity index (χ2n) is 6.83. The minimum Gasteiger partial charge on any atom is -0.469 e. The normalized spacial score (nSPS) is 10.7. The molecule has 0 bridgehead atoms. The summed E-state index contributed by atoms with van der Waals surface area (Å²) in [7, 11) is 1.05. The highest BCUT2D eigenvalue weighted by atomic mass is 35.5. The van der Waals surface area contributed by atoms with Crippen LogP contribution in [0.2, 0.25) is 5.02 Å². The second-order valence-corrected chi connectivity index (χ2v) is 8.01. The number of anilines is 1. The van der Waals surface area contributed by atoms with Crippen molar-refractivity contribution in [1.82, 2.24) is 19.2 Å². The molecule has 10 nitrogen and oxygen atoms in total. The molecule has 0 aliphatic carbocycles. The predicted molar refractivity (Wildman–Crippen MR) is 119 cm³/mol. The molecule has 2 heterocycles. The van der Waals surface area contributed by atoms with Gasteiger partial charge in [-0.1, -0.05) is 11.6 Å². The molecular formula is C20H19ClF3N5O5S. The highest BCUT2D eigenvalue weighted by Crippen LogP contribution is 2.40. The van der Waals surface area contributed by atoms with Crippen LogP contribution in [-0.2, 0) is 17.9 Å². The number of benzene rings is 1. The molecule has 0 radical (unpaired) electrons. The topological polar surface area (TPSA) is 117 Å². The largest absolute Gasteiger partial charge is 0.513 e. The van der Waals surface area contributed by atoms with Gasteiger partial charge in [0.05, 0.1) is 24.0 Å². The SMILES string of the molecule is COC(=O)Oc1c(OCc2c(F)cc(Cl)c(F)c2F)nsc1NC(=O)NCCCCn1ccnc1. The summed E-state index contributed by atoms with van der Waals surface area (Å²) >= 11 is 6.08. The zero-order valence-electron chi connectivity index (χ0n) is 18.1. The number of rotatable bonds is 10. The number of unbranched alkanes of at least 4 members (excludes halogenated alkanes) is 1. The van der Waals surface area contributed by atoms with Gasteiger partial charge in [0.15, 0.2) is 16.6 Å². The summed E-state index contributed by atoms with van der Waals surface area (Å²) in [6.07, 6.45) is 5.52. The van der Waals surface area contributed by atoms with E-state index in [0.717, 1.165) is 20.1 Å². The van der Waals surface area contributed by atoms with Crippen molar-refractivity contribution in [2.75, 3.05) is 19.0 Å². The van der Waals surface area contributed by atoms with E-state index in [1.165, 1.54) is 0 Å². The fraction of sp³-hybridized carbons (Fsp3) is 0.300. The Bertz CT molecular complexity index is 1180. The number of imidazole rings is 1. The zero-order chi connectivity index (χ0) is 25.4. The summed E-state index contributed by atoms with van der Waals surface area (Å²) in [5.74, 6) is -4.87. The maximum absolute atomic E-state index is 14.0. The quantitative estimate of drug-likeness (QED) is 0.167. The van der Waals surface area contributed by atoms with Gasteiger partial charge in [-0.25, -0.2) is 27.7 Å². The molecule has 1 aromatic carbocycles. The van der Waals surface area contributed by atoms with Crippen molar-refractivity contribution in [2.45, 2.75) is 26.0 Å². The van der Waals surface area contributed by atoms with E-state index < -0.39 is 46.8 Å². The molecular weight excluding hydrogens is 515 g/mol. The molecule has 2 amide bonds. The molecule has 0 aliphatic heterocycles. The average Bonchev–Trinajstić information content (AvgIpc) is 3.48. The molecule has 0 aliphatic rings. The lowest BCUT2D eigenvalue weighted by atomic mass is 10.2. The Morgan fingerprint density at radius 2 is 2.03 bits per heavy atom. The van der Waals surface area contributed by atoms with Crippen LogP contribution in [0.15, 0.2) is 24.8 Å². The van der Waals surface area contributed by atoms with E-state index in [2.05, 4.69) is 24.7 Å². The molecule has 0 atom stereocenters. The molecule has 3 rings (SSSR count). The number of halogens is 4. The summed E-state index contributed by atoms with van der Waals surface area (Å²) in [6, 6.07) is -0.0207. The molecule has 3 aromatic rings. The molecule has 2 aromatic heterocycles. The van der Waals surface area contributed by atoms with E-state index in [0.29, 0.717) is 30.6 Å². The lowest BCUT2D eigenvalue weighted by Crippen LogP contribution is -2.29. The van der Waals surface area contributed by atoms with Gasteiger partial charge in [-0.2, -0.15) is 0 Å². The molecule has 0 fully saturated rings. The van der Waals surface area contributed by atoms with Crippen LogP contribution >= 0.6 is 23.1 Å². The monoisotopic (exact) mass is 533 g/mol. The van der Waals surface area contributed by atoms with Crippen molar-refractivity contribution in [2.24, 2.45) is 0 Å². The first-order valence-electron chi connectivity index (χ1n) is 10.0. The molecule has 0 saturated heterocycles. The molecule has 0 saturated carbocycles. The number of carbonyl (C=O) groups is 2. The van der Waals surface area contributed by atoms with E-state index in [1.54, 1.807) is 12.5 Å². The summed E-state index contributed by atoms with van der Waals surface area (Å²) in [5, 5.41) is 4.32. The summed E-state index contributed by atoms with van der Waals surface area (Å²) < 4.78 is 62.2. The Kier molecular flexibility index (Phi) is 9.14. The maximum atomic E-state index is 14.0. The number of aromatic nitrogens is 3. The minimum absolute atomic E-state index is 0.0375. The van der Waals surface area contributed by atoms with Crippen molar-refractivity contribution in [1.29, 1.82) is 0 Å². The van der Waals surface area contributed by atoms with Gasteiger partial charge in [0.1, 0.15) is 12.4 Å². The molecule has 35 heavy (non-hydrogen) atoms. The second kappa shape index (κ2) is 12.3. The number of amides is 2. The van der Waals surface area contributed by atoms with Crippen LogP contribution in [0.5, 0.6) is 11.6 Å². The smallest absolute Gasteiger partial charge is 0.469 e. The Morgan fingerprint density at radius 1 is 1.23 bits per heavy atom. The van der Waals surface area contributed by atoms with Crippen LogP contribution in [0.25, 0.3) is 0 Å². The van der Waals surface area contributed by atoms with Gasteiger partial charge in [0, 0.05) is 25.5 Å². The summed E-state index contributed by atoms with van der Waals surface area (Å²) in [4.78, 5) is 27.8. The van der Waals surface area contributed by atoms with E-state index in [-0.39, 0.29) is 16.6 Å². The number of nitrogens with one attached hydrogen (secondary N) is 2. The molecule has 0 unspecified atom stereocenters. The highest BCUT2D eigenvalue weighted by molar-refractivity contribution is 7.11. The fourth-order valence-corrected chi connectivity index (χ4v) is 3.56. The Labute approximate surface area is 206 Å². The van der Waals surface area contributed by atoms with Crippen molar-refractivity contribution in [3.63, 3.8) is 0 Å². The maximum Gasteiger partial charge on any atom is 0.513 e. The highest BCUT2D eigenvalue weighted by Gasteiger charge is 2.24. The number of hydrogen-bond acceptors (Lipinski definition) is 8. The van der Waals surface area contributed by atoms with Crippen LogP contribution in [0.3, 0.4) is 0 Å². The van der Waals surface area contributed by atoms with Crippen LogP contribution in [0.4, 0.5) is 27.8 Å². The van der Waals surface area contributed by atoms with Crippen LogP contribution in [-0.4, -0.2) is 39.8 Å². The summed E-state index contributed by atoms with van der Waals surface area (Å²) in [6.45, 7) is 0.292. The Hall–Kier alpha value is -3.52. The number of urea groups is 1. The van der Waals surface area contributed by atoms with E-state index in [9.17, 15) is 22.8 Å². The Morgan fingerprint density at radius 3 is 2.74 bits per heavy atom. The van der Waals surface area contributed by atoms with Crippen molar-refractivity contribution in [3.8, 4) is 11.6 Å². The summed E-state index contributed by atoms with van der Waals surface area (Å²) in [5.41, 5.74) is -0.758. The van der Waals surface area contributed by atoms with Crippen LogP contribution in [0.1, 0.15) is 18.4 Å². The molecule has 188 valence electrons. The number of carbonyl (C=O) groups excluding carboxylic acids is 2. The number of ether oxygens (including phenoxy) is 3. The fourth-order valence-electron chi connectivity index (χ4n) is 2.72. The van der Waals surface area contributed by atoms with Crippen molar-refractivity contribution >= 4 is 40.3 Å². The zero-order valence-corrected chi connectivity index (χ0v) is 19.7. The number of hydrogen-bond donors (Lipinski definition) is 2. The van der Waals surface area contributed by atoms with Gasteiger partial charge >= 0.3 is 12.2 Å². The average molecular weight is 534 g/mol. The third-order valence-electron chi connectivity index (χ3n) is 4.45. The van der Waals surface area contributed by atoms with E-state index in [4.69, 9.17) is 21.1 Å². The molecule has 0 spiro atoms. The first-order valence-corrected chi connectivity index (χ1v) is 11.2. The van der Waals surface area contributed by atoms with Gasteiger partial charge in [-0.15, -0.1) is 4.37 Å². The number of methoxy groups -OCH3 is 1. The van der Waals surface area contributed by atoms with Crippen LogP contribution in [0, 0.1) is 17.5 Å². The minimum atomic E-state index is -1.54. The van der Waals surface area contributed by atoms with Gasteiger partial charge < -0.3 is 24.1 Å². The van der Waals surface area contributed by atoms with Gasteiger partial charge in [-0.05, 0) is 30.4 Å². The third kappa shape index (κ3) is 6.99. The van der Waals surface area contributed by atoms with Crippen LogP contribution < -0.4 is 20.1 Å². The van der Waals surface area contributed by atoms with Gasteiger partial charge in [0.2, 0.25) is 5.75 Å². The van der Waals surface area contributed by atoms with Gasteiger partial charge in [-0.3, -0.25) is 5.32 Å². The van der Waals surface area contributed by atoms with E-state index >= 15 is 0 Å². The standard InChI is InChI=1S/C20H19ClF3N5O5S/c1-32-20(31)34-16-17(33-9-11-13(22)8-12(21)15(24)14(11)23)28-35-18(16)27-19(30)26-4-2-3-6-29-7-5-25-10-29/h5,7-8,10H,2-4,6,9H2,1H3,(H2,26,27,30). The molecule has 2 N–H and O–H groups in total. The van der Waals surface area contributed by atoms with Gasteiger partial charge in [0.25, 0.3) is 5.88 Å². The van der Waals surface area contributed by atoms with Crippen molar-refractivity contribution in [3.05, 3.63) is 52.8 Å². The lowest BCUT2D eigenvalue weighted by Gasteiger charge is -2.10. The first-order chi connectivity index (χ1) is 16.8. The predicted octanol–water partition coefficient (Wildman–Crippen LogP) is 4.74. The van der Waals surface area contributed by atoms with E-state index in [1.807, 2.05) is 10.8 Å². The first kappa shape index (κ1) is 26.1. The number of nitrogens with zero attached hydrogens (tertiary/aromatic N) is 3. The third-order valence-corrected chi connectivity index (χ3v) is 5.45.